The maximum atomic E-state index is 12.1. The Labute approximate surface area is 143 Å². The predicted octanol–water partition coefficient (Wildman–Crippen LogP) is 1.33. The summed E-state index contributed by atoms with van der Waals surface area (Å²) in [7, 11) is 3.00. The average Bonchev–Trinajstić information content (AvgIpc) is 2.97. The van der Waals surface area contributed by atoms with E-state index in [1.165, 1.54) is 17.2 Å². The summed E-state index contributed by atoms with van der Waals surface area (Å²) in [5.41, 5.74) is 6.96. The van der Waals surface area contributed by atoms with E-state index in [4.69, 9.17) is 0 Å². The van der Waals surface area contributed by atoms with Gasteiger partial charge in [-0.3, -0.25) is 13.9 Å². The Morgan fingerprint density at radius 3 is 2.40 bits per heavy atom. The van der Waals surface area contributed by atoms with Gasteiger partial charge in [-0.1, -0.05) is 17.7 Å². The van der Waals surface area contributed by atoms with E-state index in [1.54, 1.807) is 13.3 Å². The molecule has 0 radical (unpaired) electrons. The van der Waals surface area contributed by atoms with E-state index in [-0.39, 0.29) is 11.2 Å². The summed E-state index contributed by atoms with van der Waals surface area (Å²) in [5, 5.41) is 4.20. The van der Waals surface area contributed by atoms with Crippen molar-refractivity contribution in [3.63, 3.8) is 0 Å². The first-order valence-electron chi connectivity index (χ1n) is 7.82. The van der Waals surface area contributed by atoms with Crippen LogP contribution in [0.4, 0.5) is 5.95 Å². The highest BCUT2D eigenvalue weighted by atomic mass is 16.2. The molecule has 0 amide bonds. The molecule has 2 aromatic heterocycles. The monoisotopic (exact) mass is 340 g/mol. The van der Waals surface area contributed by atoms with Crippen molar-refractivity contribution in [3.05, 3.63) is 55.2 Å². The topological polar surface area (TPSA) is 97.1 Å². The molecule has 8 nitrogen and oxygen atoms in total. The van der Waals surface area contributed by atoms with Crippen LogP contribution >= 0.6 is 0 Å². The van der Waals surface area contributed by atoms with Gasteiger partial charge in [-0.15, -0.1) is 0 Å². The van der Waals surface area contributed by atoms with Crippen molar-refractivity contribution >= 4 is 23.3 Å². The fraction of sp³-hybridized carbons (Fsp3) is 0.294. The third-order valence-corrected chi connectivity index (χ3v) is 4.20. The lowest BCUT2D eigenvalue weighted by Crippen LogP contribution is -2.36. The molecular weight excluding hydrogens is 320 g/mol. The summed E-state index contributed by atoms with van der Waals surface area (Å²) in [6.07, 6.45) is 1.72. The van der Waals surface area contributed by atoms with Gasteiger partial charge in [0.25, 0.3) is 5.56 Å². The highest BCUT2D eigenvalue weighted by Crippen LogP contribution is 2.14. The zero-order valence-electron chi connectivity index (χ0n) is 14.8. The molecule has 2 N–H and O–H groups in total. The predicted molar refractivity (Wildman–Crippen MR) is 98.4 cm³/mol. The zero-order chi connectivity index (χ0) is 18.3. The number of fused-ring (bicyclic) bond motifs is 1. The Morgan fingerprint density at radius 1 is 1.12 bits per heavy atom. The molecule has 1 aromatic carbocycles. The highest BCUT2D eigenvalue weighted by molar-refractivity contribution is 5.84. The van der Waals surface area contributed by atoms with Gasteiger partial charge in [0.05, 0.1) is 6.21 Å². The largest absolute Gasteiger partial charge is 0.332 e. The molecule has 25 heavy (non-hydrogen) atoms. The van der Waals surface area contributed by atoms with E-state index in [9.17, 15) is 9.59 Å². The van der Waals surface area contributed by atoms with Crippen molar-refractivity contribution in [1.82, 2.24) is 19.1 Å². The summed E-state index contributed by atoms with van der Waals surface area (Å²) in [4.78, 5) is 31.2. The Bertz CT molecular complexity index is 1090. The maximum absolute atomic E-state index is 12.1. The van der Waals surface area contributed by atoms with Gasteiger partial charge in [-0.25, -0.2) is 10.2 Å². The molecule has 0 atom stereocenters. The Morgan fingerprint density at radius 2 is 1.76 bits per heavy atom. The fourth-order valence-corrected chi connectivity index (χ4v) is 2.93. The van der Waals surface area contributed by atoms with Crippen LogP contribution < -0.4 is 16.7 Å². The minimum Gasteiger partial charge on any atom is -0.317 e. The molecule has 8 heteroatoms. The minimum absolute atomic E-state index is 0.255. The molecule has 3 aromatic rings. The number of benzene rings is 1. The van der Waals surface area contributed by atoms with Crippen molar-refractivity contribution in [2.24, 2.45) is 19.2 Å². The van der Waals surface area contributed by atoms with E-state index in [2.05, 4.69) is 39.6 Å². The van der Waals surface area contributed by atoms with Crippen molar-refractivity contribution < 1.29 is 0 Å². The number of hydrogen-bond donors (Lipinski definition) is 2. The average molecular weight is 340 g/mol. The molecule has 0 saturated carbocycles. The molecule has 0 bridgehead atoms. The second-order valence-electron chi connectivity index (χ2n) is 6.17. The number of rotatable bonds is 3. The first-order chi connectivity index (χ1) is 11.8. The van der Waals surface area contributed by atoms with Crippen LogP contribution in [0.1, 0.15) is 22.3 Å². The van der Waals surface area contributed by atoms with Gasteiger partial charge in [0.15, 0.2) is 11.2 Å². The molecule has 0 unspecified atom stereocenters. The van der Waals surface area contributed by atoms with E-state index >= 15 is 0 Å². The smallest absolute Gasteiger partial charge is 0.317 e. The van der Waals surface area contributed by atoms with Crippen LogP contribution in [-0.2, 0) is 14.1 Å². The van der Waals surface area contributed by atoms with Crippen LogP contribution in [0.2, 0.25) is 0 Å². The molecule has 3 rings (SSSR count). The quantitative estimate of drug-likeness (QED) is 0.555. The third-order valence-electron chi connectivity index (χ3n) is 4.20. The number of hydrogen-bond acceptors (Lipinski definition) is 5. The molecule has 0 spiro atoms. The standard InChI is InChI=1S/C17H20N6O2/c1-9-6-10(2)12(11(3)7-9)8-18-21-16-19-13-14(20-16)22(4)17(25)23(5)15(13)24/h6-8H,1-5H3,(H2,19,20,21)/b18-8-. The normalized spacial score (nSPS) is 11.6. The summed E-state index contributed by atoms with van der Waals surface area (Å²) in [5.74, 6) is 0.298. The van der Waals surface area contributed by atoms with Gasteiger partial charge in [0.1, 0.15) is 0 Å². The number of aromatic nitrogens is 4. The third kappa shape index (κ3) is 2.86. The van der Waals surface area contributed by atoms with Gasteiger partial charge >= 0.3 is 5.69 Å². The second kappa shape index (κ2) is 6.04. The SMILES string of the molecule is Cc1cc(C)c(/C=N\Nc2nc3c([nH]2)c(=O)n(C)c(=O)n3C)c(C)c1. The lowest BCUT2D eigenvalue weighted by Gasteiger charge is -2.06. The van der Waals surface area contributed by atoms with Crippen LogP contribution in [0, 0.1) is 20.8 Å². The lowest BCUT2D eigenvalue weighted by atomic mass is 10.0. The van der Waals surface area contributed by atoms with Gasteiger partial charge in [-0.2, -0.15) is 10.1 Å². The summed E-state index contributed by atoms with van der Waals surface area (Å²) >= 11 is 0. The van der Waals surface area contributed by atoms with Gasteiger partial charge in [0, 0.05) is 19.7 Å². The zero-order valence-corrected chi connectivity index (χ0v) is 14.8. The van der Waals surface area contributed by atoms with Crippen LogP contribution in [-0.4, -0.2) is 25.3 Å². The molecule has 0 aliphatic carbocycles. The Balaban J connectivity index is 1.95. The van der Waals surface area contributed by atoms with Crippen molar-refractivity contribution in [2.45, 2.75) is 20.8 Å². The number of hydrazone groups is 1. The number of aromatic amines is 1. The second-order valence-corrected chi connectivity index (χ2v) is 6.17. The van der Waals surface area contributed by atoms with Crippen LogP contribution in [0.5, 0.6) is 0 Å². The number of imidazole rings is 1. The van der Waals surface area contributed by atoms with E-state index in [0.717, 1.165) is 21.3 Å². The molecule has 0 saturated heterocycles. The Hall–Kier alpha value is -3.16. The summed E-state index contributed by atoms with van der Waals surface area (Å²) in [6.45, 7) is 6.11. The lowest BCUT2D eigenvalue weighted by molar-refractivity contribution is 0.709. The molecule has 2 heterocycles. The van der Waals surface area contributed by atoms with Crippen molar-refractivity contribution in [3.8, 4) is 0 Å². The Kier molecular flexibility index (Phi) is 4.03. The van der Waals surface area contributed by atoms with Crippen LogP contribution in [0.25, 0.3) is 11.2 Å². The van der Waals surface area contributed by atoms with Gasteiger partial charge < -0.3 is 4.98 Å². The van der Waals surface area contributed by atoms with Crippen LogP contribution in [0.15, 0.2) is 26.8 Å². The molecular formula is C17H20N6O2. The van der Waals surface area contributed by atoms with Crippen molar-refractivity contribution in [2.75, 3.05) is 5.43 Å². The molecule has 0 aliphatic heterocycles. The van der Waals surface area contributed by atoms with E-state index in [1.807, 2.05) is 13.8 Å². The van der Waals surface area contributed by atoms with E-state index in [0.29, 0.717) is 5.95 Å². The fourth-order valence-electron chi connectivity index (χ4n) is 2.93. The number of aryl methyl sites for hydroxylation is 4. The number of nitrogens with zero attached hydrogens (tertiary/aromatic N) is 4. The minimum atomic E-state index is -0.426. The molecule has 0 aliphatic rings. The maximum Gasteiger partial charge on any atom is 0.332 e. The van der Waals surface area contributed by atoms with Crippen LogP contribution in [0.3, 0.4) is 0 Å². The van der Waals surface area contributed by atoms with Gasteiger partial charge in [0.2, 0.25) is 5.95 Å². The summed E-state index contributed by atoms with van der Waals surface area (Å²) in [6, 6.07) is 4.18. The number of nitrogens with one attached hydrogen (secondary N) is 2. The number of anilines is 1. The molecule has 0 fully saturated rings. The number of H-pyrrole nitrogens is 1. The van der Waals surface area contributed by atoms with Gasteiger partial charge in [-0.05, 0) is 31.9 Å². The first kappa shape index (κ1) is 16.7. The molecule has 130 valence electrons. The van der Waals surface area contributed by atoms with E-state index < -0.39 is 11.2 Å². The highest BCUT2D eigenvalue weighted by Gasteiger charge is 2.13. The van der Waals surface area contributed by atoms with Crippen molar-refractivity contribution in [1.29, 1.82) is 0 Å². The summed E-state index contributed by atoms with van der Waals surface area (Å²) < 4.78 is 2.35. The first-order valence-corrected chi connectivity index (χ1v) is 7.82.